The standard InChI is InChI=1S/2C2F6O2S.Li.H/c2*3-1(4,5)11(9,10)2(6,7)8;;. The van der Waals surface area contributed by atoms with Crippen LogP contribution in [-0.4, -0.2) is 57.7 Å². The Morgan fingerprint density at radius 1 is 0.391 bits per heavy atom. The van der Waals surface area contributed by atoms with Crippen molar-refractivity contribution in [2.75, 3.05) is 0 Å². The van der Waals surface area contributed by atoms with Crippen LogP contribution in [0.4, 0.5) is 52.7 Å². The number of hydrogen-bond acceptors (Lipinski definition) is 4. The molecule has 0 aromatic carbocycles. The average molecular weight is 412 g/mol. The van der Waals surface area contributed by atoms with Crippen LogP contribution in [0.3, 0.4) is 0 Å². The fourth-order valence-electron chi connectivity index (χ4n) is 0.262. The molecule has 0 unspecified atom stereocenters. The zero-order valence-electron chi connectivity index (χ0n) is 8.99. The van der Waals surface area contributed by atoms with Crippen LogP contribution in [-0.2, 0) is 19.7 Å². The van der Waals surface area contributed by atoms with Crippen molar-refractivity contribution in [3.63, 3.8) is 0 Å². The number of rotatable bonds is 0. The van der Waals surface area contributed by atoms with Crippen LogP contribution in [0.2, 0.25) is 0 Å². The van der Waals surface area contributed by atoms with Crippen molar-refractivity contribution in [1.29, 1.82) is 0 Å². The molecule has 138 valence electrons. The molecule has 0 heterocycles. The fourth-order valence-corrected chi connectivity index (χ4v) is 0.787. The van der Waals surface area contributed by atoms with E-state index in [2.05, 4.69) is 0 Å². The van der Waals surface area contributed by atoms with Crippen molar-refractivity contribution in [2.24, 2.45) is 0 Å². The van der Waals surface area contributed by atoms with Crippen LogP contribution < -0.4 is 0 Å². The predicted molar refractivity (Wildman–Crippen MR) is 49.2 cm³/mol. The van der Waals surface area contributed by atoms with Crippen LogP contribution in [0.5, 0.6) is 0 Å². The molecule has 0 atom stereocenters. The van der Waals surface area contributed by atoms with E-state index in [1.807, 2.05) is 0 Å². The van der Waals surface area contributed by atoms with E-state index in [4.69, 9.17) is 0 Å². The first kappa shape index (κ1) is 27.5. The Balaban J connectivity index is -0.000000333. The van der Waals surface area contributed by atoms with Crippen molar-refractivity contribution in [3.8, 4) is 0 Å². The van der Waals surface area contributed by atoms with E-state index in [0.717, 1.165) is 0 Å². The van der Waals surface area contributed by atoms with E-state index < -0.39 is 41.7 Å². The zero-order valence-corrected chi connectivity index (χ0v) is 10.6. The number of hydrogen-bond donors (Lipinski definition) is 0. The topological polar surface area (TPSA) is 68.3 Å². The van der Waals surface area contributed by atoms with E-state index in [-0.39, 0.29) is 18.9 Å². The molecule has 0 aliphatic heterocycles. The van der Waals surface area contributed by atoms with Gasteiger partial charge in [-0.25, -0.2) is 16.8 Å². The van der Waals surface area contributed by atoms with Crippen molar-refractivity contribution < 1.29 is 69.5 Å². The molecular weight excluding hydrogens is 411 g/mol. The predicted octanol–water partition coefficient (Wildman–Crippen LogP) is 2.23. The normalized spacial score (nSPS) is 14.4. The fraction of sp³-hybridized carbons (Fsp3) is 1.00. The zero-order chi connectivity index (χ0) is 19.0. The van der Waals surface area contributed by atoms with Gasteiger partial charge in [-0.2, -0.15) is 52.7 Å². The maximum absolute atomic E-state index is 11.0. The molecule has 0 N–H and O–H groups in total. The van der Waals surface area contributed by atoms with Gasteiger partial charge in [0.05, 0.1) is 0 Å². The van der Waals surface area contributed by atoms with Gasteiger partial charge in [0.1, 0.15) is 0 Å². The quantitative estimate of drug-likeness (QED) is 0.452. The summed E-state index contributed by atoms with van der Waals surface area (Å²) in [5.74, 6) is 0. The molecule has 19 heteroatoms. The molecule has 0 radical (unpaired) electrons. The second kappa shape index (κ2) is 7.27. The third-order valence-electron chi connectivity index (χ3n) is 1.22. The van der Waals surface area contributed by atoms with Crippen molar-refractivity contribution in [1.82, 2.24) is 0 Å². The number of alkyl halides is 12. The molecule has 0 aromatic heterocycles. The molecule has 0 saturated heterocycles. The van der Waals surface area contributed by atoms with Gasteiger partial charge in [-0.1, -0.05) is 0 Å². The first-order valence-corrected chi connectivity index (χ1v) is 6.72. The Morgan fingerprint density at radius 3 is 0.478 bits per heavy atom. The molecule has 0 aliphatic rings. The monoisotopic (exact) mass is 412 g/mol. The molecule has 0 bridgehead atoms. The van der Waals surface area contributed by atoms with Gasteiger partial charge in [-0.3, -0.25) is 0 Å². The third kappa shape index (κ3) is 6.58. The van der Waals surface area contributed by atoms with Crippen LogP contribution in [0, 0.1) is 0 Å². The van der Waals surface area contributed by atoms with Gasteiger partial charge < -0.3 is 0 Å². The summed E-state index contributed by atoms with van der Waals surface area (Å²) >= 11 is 0. The van der Waals surface area contributed by atoms with Gasteiger partial charge in [0.2, 0.25) is 0 Å². The van der Waals surface area contributed by atoms with E-state index in [9.17, 15) is 69.5 Å². The number of halogens is 12. The van der Waals surface area contributed by atoms with Crippen molar-refractivity contribution >= 4 is 38.5 Å². The van der Waals surface area contributed by atoms with Crippen LogP contribution >= 0.6 is 0 Å². The van der Waals surface area contributed by atoms with Gasteiger partial charge in [0.15, 0.2) is 0 Å². The van der Waals surface area contributed by atoms with Gasteiger partial charge in [-0.15, -0.1) is 0 Å². The average Bonchev–Trinajstić information content (AvgIpc) is 2.10. The van der Waals surface area contributed by atoms with Crippen molar-refractivity contribution in [2.45, 2.75) is 22.0 Å². The first-order chi connectivity index (χ1) is 9.00. The van der Waals surface area contributed by atoms with Gasteiger partial charge in [0.25, 0.3) is 0 Å². The van der Waals surface area contributed by atoms with Crippen LogP contribution in [0.1, 0.15) is 0 Å². The Labute approximate surface area is 130 Å². The summed E-state index contributed by atoms with van der Waals surface area (Å²) in [4.78, 5) is 0. The molecule has 0 fully saturated rings. The summed E-state index contributed by atoms with van der Waals surface area (Å²) in [7, 11) is -14.0. The Morgan fingerprint density at radius 2 is 0.478 bits per heavy atom. The Kier molecular flexibility index (Phi) is 8.69. The minimum absolute atomic E-state index is 0. The van der Waals surface area contributed by atoms with E-state index in [1.165, 1.54) is 0 Å². The molecule has 0 aromatic rings. The summed E-state index contributed by atoms with van der Waals surface area (Å²) < 4.78 is 170. The maximum atomic E-state index is 11.0. The molecule has 23 heavy (non-hydrogen) atoms. The summed E-state index contributed by atoms with van der Waals surface area (Å²) in [5.41, 5.74) is -25.1. The molecule has 0 rings (SSSR count). The van der Waals surface area contributed by atoms with Crippen LogP contribution in [0.25, 0.3) is 0 Å². The molecule has 0 spiro atoms. The second-order valence-corrected chi connectivity index (χ2v) is 6.66. The summed E-state index contributed by atoms with van der Waals surface area (Å²) in [6.45, 7) is 0. The van der Waals surface area contributed by atoms with E-state index in [0.29, 0.717) is 0 Å². The third-order valence-corrected chi connectivity index (χ3v) is 3.66. The van der Waals surface area contributed by atoms with Crippen LogP contribution in [0.15, 0.2) is 0 Å². The number of sulfone groups is 2. The summed E-state index contributed by atoms with van der Waals surface area (Å²) in [6, 6.07) is 0. The molecule has 0 aliphatic carbocycles. The molecule has 0 amide bonds. The Bertz CT molecular complexity index is 481. The summed E-state index contributed by atoms with van der Waals surface area (Å²) in [5, 5.41) is 0. The van der Waals surface area contributed by atoms with Gasteiger partial charge in [-0.05, 0) is 0 Å². The van der Waals surface area contributed by atoms with Gasteiger partial charge >= 0.3 is 60.6 Å². The summed E-state index contributed by atoms with van der Waals surface area (Å²) in [6.07, 6.45) is 0. The molecular formula is C4HF12LiO4S2. The second-order valence-electron chi connectivity index (χ2n) is 2.79. The molecule has 0 saturated carbocycles. The van der Waals surface area contributed by atoms with E-state index in [1.54, 1.807) is 0 Å². The molecule has 4 nitrogen and oxygen atoms in total. The minimum atomic E-state index is -7.01. The SMILES string of the molecule is O=S(=O)(C(F)(F)F)C(F)(F)F.O=S(=O)(C(F)(F)F)C(F)(F)F.[LiH]. The van der Waals surface area contributed by atoms with Crippen molar-refractivity contribution in [3.05, 3.63) is 0 Å². The van der Waals surface area contributed by atoms with E-state index >= 15 is 0 Å². The van der Waals surface area contributed by atoms with Gasteiger partial charge in [0, 0.05) is 0 Å². The Hall–Kier alpha value is -0.343. The first-order valence-electron chi connectivity index (χ1n) is 3.75.